The highest BCUT2D eigenvalue weighted by molar-refractivity contribution is 6.42. The van der Waals surface area contributed by atoms with Gasteiger partial charge in [-0.2, -0.15) is 0 Å². The summed E-state index contributed by atoms with van der Waals surface area (Å²) in [6.45, 7) is 6.61. The van der Waals surface area contributed by atoms with Crippen molar-refractivity contribution in [1.29, 1.82) is 0 Å². The van der Waals surface area contributed by atoms with Gasteiger partial charge in [0.05, 0.1) is 10.0 Å². The van der Waals surface area contributed by atoms with Crippen LogP contribution in [0, 0.1) is 5.92 Å². The zero-order valence-corrected chi connectivity index (χ0v) is 18.0. The predicted octanol–water partition coefficient (Wildman–Crippen LogP) is 4.03. The maximum Gasteiger partial charge on any atom is 0.223 e. The molecule has 0 spiro atoms. The van der Waals surface area contributed by atoms with Crippen LogP contribution in [0.4, 0.5) is 0 Å². The summed E-state index contributed by atoms with van der Waals surface area (Å²) in [5.41, 5.74) is 2.48. The molecule has 0 radical (unpaired) electrons. The quantitative estimate of drug-likeness (QED) is 0.718. The van der Waals surface area contributed by atoms with E-state index in [0.717, 1.165) is 52.2 Å². The molecule has 1 heterocycles. The Bertz CT molecular complexity index is 837. The molecule has 1 N–H and O–H groups in total. The molecule has 0 bridgehead atoms. The van der Waals surface area contributed by atoms with Crippen molar-refractivity contribution in [1.82, 2.24) is 15.1 Å². The fraction of sp³-hybridized carbons (Fsp3) is 0.435. The summed E-state index contributed by atoms with van der Waals surface area (Å²) in [4.78, 5) is 17.2. The first kappa shape index (κ1) is 20.7. The lowest BCUT2D eigenvalue weighted by Crippen LogP contribution is -2.48. The molecule has 1 saturated heterocycles. The zero-order chi connectivity index (χ0) is 20.2. The second-order valence-electron chi connectivity index (χ2n) is 8.02. The van der Waals surface area contributed by atoms with Crippen molar-refractivity contribution < 1.29 is 4.79 Å². The van der Waals surface area contributed by atoms with Gasteiger partial charge < -0.3 is 5.32 Å². The van der Waals surface area contributed by atoms with Crippen molar-refractivity contribution in [2.24, 2.45) is 5.92 Å². The average Bonchev–Trinajstić information content (AvgIpc) is 3.54. The van der Waals surface area contributed by atoms with E-state index in [1.54, 1.807) is 0 Å². The maximum absolute atomic E-state index is 12.4. The van der Waals surface area contributed by atoms with Crippen molar-refractivity contribution in [2.75, 3.05) is 39.3 Å². The Morgan fingerprint density at radius 2 is 1.69 bits per heavy atom. The Morgan fingerprint density at radius 1 is 0.966 bits per heavy atom. The van der Waals surface area contributed by atoms with E-state index >= 15 is 0 Å². The standard InChI is InChI=1S/C23H27Cl2N3O/c24-21-7-6-17(14-22(21)25)16-28-12-10-27(11-13-28)9-8-26-23(29)20-15-19(20)18-4-2-1-3-5-18/h1-7,14,19-20H,8-13,15-16H2,(H,26,29). The molecule has 2 aromatic carbocycles. The number of rotatable bonds is 7. The second-order valence-corrected chi connectivity index (χ2v) is 8.83. The maximum atomic E-state index is 12.4. The number of hydrogen-bond donors (Lipinski definition) is 1. The lowest BCUT2D eigenvalue weighted by atomic mass is 10.1. The van der Waals surface area contributed by atoms with Gasteiger partial charge in [-0.3, -0.25) is 14.6 Å². The molecule has 4 rings (SSSR count). The van der Waals surface area contributed by atoms with Gasteiger partial charge in [0.2, 0.25) is 5.91 Å². The van der Waals surface area contributed by atoms with Crippen LogP contribution in [0.2, 0.25) is 10.0 Å². The Balaban J connectivity index is 1.13. The number of benzene rings is 2. The molecule has 2 fully saturated rings. The van der Waals surface area contributed by atoms with E-state index in [1.165, 1.54) is 11.1 Å². The number of nitrogens with zero attached hydrogens (tertiary/aromatic N) is 2. The molecule has 1 aliphatic heterocycles. The molecular weight excluding hydrogens is 405 g/mol. The van der Waals surface area contributed by atoms with Crippen LogP contribution in [0.3, 0.4) is 0 Å². The van der Waals surface area contributed by atoms with Crippen LogP contribution < -0.4 is 5.32 Å². The van der Waals surface area contributed by atoms with E-state index in [-0.39, 0.29) is 11.8 Å². The van der Waals surface area contributed by atoms with Crippen LogP contribution in [0.25, 0.3) is 0 Å². The highest BCUT2D eigenvalue weighted by Gasteiger charge is 2.43. The number of hydrogen-bond acceptors (Lipinski definition) is 3. The minimum Gasteiger partial charge on any atom is -0.355 e. The molecule has 6 heteroatoms. The van der Waals surface area contributed by atoms with Gasteiger partial charge in [-0.1, -0.05) is 59.6 Å². The van der Waals surface area contributed by atoms with E-state index in [0.29, 0.717) is 16.0 Å². The van der Waals surface area contributed by atoms with Gasteiger partial charge in [0.1, 0.15) is 0 Å². The van der Waals surface area contributed by atoms with Crippen LogP contribution in [0.5, 0.6) is 0 Å². The summed E-state index contributed by atoms with van der Waals surface area (Å²) in [5.74, 6) is 0.763. The van der Waals surface area contributed by atoms with Crippen molar-refractivity contribution in [3.63, 3.8) is 0 Å². The van der Waals surface area contributed by atoms with Crippen molar-refractivity contribution >= 4 is 29.1 Å². The van der Waals surface area contributed by atoms with Crippen LogP contribution in [0.15, 0.2) is 48.5 Å². The number of piperazine rings is 1. The Hall–Kier alpha value is -1.59. The fourth-order valence-corrected chi connectivity index (χ4v) is 4.41. The molecular formula is C23H27Cl2N3O. The summed E-state index contributed by atoms with van der Waals surface area (Å²) in [7, 11) is 0. The van der Waals surface area contributed by atoms with Crippen molar-refractivity contribution in [2.45, 2.75) is 18.9 Å². The first-order chi connectivity index (χ1) is 14.1. The van der Waals surface area contributed by atoms with Gasteiger partial charge in [-0.05, 0) is 35.6 Å². The minimum absolute atomic E-state index is 0.153. The minimum atomic E-state index is 0.153. The normalized spacial score (nSPS) is 22.4. The number of carbonyl (C=O) groups excluding carboxylic acids is 1. The van der Waals surface area contributed by atoms with Crippen molar-refractivity contribution in [3.8, 4) is 0 Å². The second kappa shape index (κ2) is 9.48. The van der Waals surface area contributed by atoms with E-state index in [9.17, 15) is 4.79 Å². The number of carbonyl (C=O) groups is 1. The molecule has 0 aromatic heterocycles. The lowest BCUT2D eigenvalue weighted by molar-refractivity contribution is -0.122. The molecule has 2 aliphatic rings. The molecule has 154 valence electrons. The molecule has 4 nitrogen and oxygen atoms in total. The fourth-order valence-electron chi connectivity index (χ4n) is 4.09. The largest absolute Gasteiger partial charge is 0.355 e. The van der Waals surface area contributed by atoms with E-state index in [4.69, 9.17) is 23.2 Å². The first-order valence-electron chi connectivity index (χ1n) is 10.3. The molecule has 2 unspecified atom stereocenters. The Labute approximate surface area is 182 Å². The molecule has 1 saturated carbocycles. The summed E-state index contributed by atoms with van der Waals surface area (Å²) in [6, 6.07) is 16.2. The smallest absolute Gasteiger partial charge is 0.223 e. The zero-order valence-electron chi connectivity index (χ0n) is 16.5. The first-order valence-corrected chi connectivity index (χ1v) is 11.1. The molecule has 1 amide bonds. The van der Waals surface area contributed by atoms with Gasteiger partial charge in [0.15, 0.2) is 0 Å². The van der Waals surface area contributed by atoms with Crippen molar-refractivity contribution in [3.05, 3.63) is 69.7 Å². The molecule has 29 heavy (non-hydrogen) atoms. The van der Waals surface area contributed by atoms with E-state index in [2.05, 4.69) is 27.2 Å². The third-order valence-electron chi connectivity index (χ3n) is 5.94. The number of halogens is 2. The van der Waals surface area contributed by atoms with Crippen LogP contribution >= 0.6 is 23.2 Å². The van der Waals surface area contributed by atoms with Crippen LogP contribution in [-0.2, 0) is 11.3 Å². The topological polar surface area (TPSA) is 35.6 Å². The summed E-state index contributed by atoms with van der Waals surface area (Å²) in [5, 5.41) is 4.35. The lowest BCUT2D eigenvalue weighted by Gasteiger charge is -2.34. The monoisotopic (exact) mass is 431 g/mol. The van der Waals surface area contributed by atoms with E-state index in [1.807, 2.05) is 36.4 Å². The van der Waals surface area contributed by atoms with Gasteiger partial charge in [-0.25, -0.2) is 0 Å². The third kappa shape index (κ3) is 5.52. The van der Waals surface area contributed by atoms with Gasteiger partial charge >= 0.3 is 0 Å². The molecule has 2 atom stereocenters. The summed E-state index contributed by atoms with van der Waals surface area (Å²) < 4.78 is 0. The third-order valence-corrected chi connectivity index (χ3v) is 6.68. The highest BCUT2D eigenvalue weighted by Crippen LogP contribution is 2.47. The summed E-state index contributed by atoms with van der Waals surface area (Å²) >= 11 is 12.1. The SMILES string of the molecule is O=C(NCCN1CCN(Cc2ccc(Cl)c(Cl)c2)CC1)C1CC1c1ccccc1. The number of amides is 1. The van der Waals surface area contributed by atoms with Crippen LogP contribution in [0.1, 0.15) is 23.5 Å². The van der Waals surface area contributed by atoms with Crippen LogP contribution in [-0.4, -0.2) is 55.0 Å². The molecule has 1 aliphatic carbocycles. The predicted molar refractivity (Wildman–Crippen MR) is 118 cm³/mol. The Kier molecular flexibility index (Phi) is 6.76. The number of nitrogens with one attached hydrogen (secondary N) is 1. The average molecular weight is 432 g/mol. The highest BCUT2D eigenvalue weighted by atomic mass is 35.5. The van der Waals surface area contributed by atoms with Gasteiger partial charge in [0.25, 0.3) is 0 Å². The Morgan fingerprint density at radius 3 is 2.41 bits per heavy atom. The van der Waals surface area contributed by atoms with E-state index < -0.39 is 0 Å². The van der Waals surface area contributed by atoms with Gasteiger partial charge in [-0.15, -0.1) is 0 Å². The molecule has 2 aromatic rings. The summed E-state index contributed by atoms with van der Waals surface area (Å²) in [6.07, 6.45) is 0.975. The van der Waals surface area contributed by atoms with Gasteiger partial charge in [0, 0.05) is 51.7 Å².